The molecule has 0 radical (unpaired) electrons. The fraction of sp³-hybridized carbons (Fsp3) is 0.708. The zero-order valence-corrected chi connectivity index (χ0v) is 18.1. The van der Waals surface area contributed by atoms with Crippen molar-refractivity contribution in [3.63, 3.8) is 0 Å². The fourth-order valence-corrected chi connectivity index (χ4v) is 5.34. The second-order valence-corrected chi connectivity index (χ2v) is 9.21. The second-order valence-electron chi connectivity index (χ2n) is 9.21. The van der Waals surface area contributed by atoms with Crippen LogP contribution in [-0.2, 0) is 0 Å². The van der Waals surface area contributed by atoms with E-state index in [9.17, 15) is 4.79 Å². The van der Waals surface area contributed by atoms with Crippen LogP contribution in [-0.4, -0.2) is 18.6 Å². The first-order chi connectivity index (χ1) is 13.5. The second kappa shape index (κ2) is 9.67. The zero-order valence-electron chi connectivity index (χ0n) is 18.1. The summed E-state index contributed by atoms with van der Waals surface area (Å²) in [7, 11) is 0. The van der Waals surface area contributed by atoms with Crippen molar-refractivity contribution in [3.8, 4) is 0 Å². The lowest BCUT2D eigenvalue weighted by molar-refractivity contribution is 0.0523. The van der Waals surface area contributed by atoms with Gasteiger partial charge in [0.2, 0.25) is 0 Å². The Bertz CT molecular complexity index is 653. The molecule has 0 saturated heterocycles. The summed E-state index contributed by atoms with van der Waals surface area (Å²) < 4.78 is 0. The predicted molar refractivity (Wildman–Crippen MR) is 119 cm³/mol. The number of nitrogens with one attached hydrogen (secondary N) is 3. The number of aryl methyl sites for hydroxylation is 1. The average molecular weight is 386 g/mol. The minimum atomic E-state index is -0.0580. The molecule has 2 unspecified atom stereocenters. The molecule has 2 aliphatic carbocycles. The molecule has 4 nitrogen and oxygen atoms in total. The molecular weight excluding hydrogens is 346 g/mol. The van der Waals surface area contributed by atoms with Crippen molar-refractivity contribution in [1.82, 2.24) is 5.32 Å². The molecule has 0 aliphatic heterocycles. The van der Waals surface area contributed by atoms with Gasteiger partial charge < -0.3 is 16.0 Å². The molecule has 0 heterocycles. The molecule has 3 N–H and O–H groups in total. The topological polar surface area (TPSA) is 53.2 Å². The van der Waals surface area contributed by atoms with Crippen molar-refractivity contribution < 1.29 is 4.79 Å². The van der Waals surface area contributed by atoms with E-state index in [1.54, 1.807) is 0 Å². The maximum absolute atomic E-state index is 12.9. The number of rotatable bonds is 6. The first-order valence-electron chi connectivity index (χ1n) is 11.4. The Morgan fingerprint density at radius 2 is 1.82 bits per heavy atom. The van der Waals surface area contributed by atoms with Crippen molar-refractivity contribution in [2.45, 2.75) is 91.0 Å². The standard InChI is InChI=1S/C24H39N3O/c1-4-16-25-21-17-18(2)13-14-20(21)26-23(28)27-22-12-8-9-15-24(22,3)19-10-6-5-7-11-19/h13-14,17,19,22,25H,4-12,15-16H2,1-3H3,(H2,26,27,28). The van der Waals surface area contributed by atoms with Crippen LogP contribution in [0.2, 0.25) is 0 Å². The number of benzene rings is 1. The fourth-order valence-electron chi connectivity index (χ4n) is 5.34. The van der Waals surface area contributed by atoms with Crippen LogP contribution in [0, 0.1) is 18.3 Å². The van der Waals surface area contributed by atoms with Crippen molar-refractivity contribution in [2.75, 3.05) is 17.2 Å². The molecule has 2 saturated carbocycles. The molecule has 0 aromatic heterocycles. The molecule has 2 fully saturated rings. The molecule has 3 rings (SSSR count). The Labute approximate surface area is 171 Å². The van der Waals surface area contributed by atoms with Gasteiger partial charge in [0.25, 0.3) is 0 Å². The third-order valence-corrected chi connectivity index (χ3v) is 7.09. The van der Waals surface area contributed by atoms with Crippen LogP contribution in [0.1, 0.15) is 83.6 Å². The van der Waals surface area contributed by atoms with Gasteiger partial charge in [0, 0.05) is 12.6 Å². The first kappa shape index (κ1) is 21.0. The molecule has 2 atom stereocenters. The van der Waals surface area contributed by atoms with Gasteiger partial charge in [-0.15, -0.1) is 0 Å². The van der Waals surface area contributed by atoms with Gasteiger partial charge >= 0.3 is 6.03 Å². The maximum atomic E-state index is 12.9. The lowest BCUT2D eigenvalue weighted by atomic mass is 9.60. The highest BCUT2D eigenvalue weighted by Gasteiger charge is 2.43. The third kappa shape index (κ3) is 5.01. The Morgan fingerprint density at radius 1 is 1.07 bits per heavy atom. The summed E-state index contributed by atoms with van der Waals surface area (Å²) >= 11 is 0. The summed E-state index contributed by atoms with van der Waals surface area (Å²) in [6.45, 7) is 7.58. The van der Waals surface area contributed by atoms with E-state index in [-0.39, 0.29) is 17.5 Å². The van der Waals surface area contributed by atoms with Gasteiger partial charge in [-0.2, -0.15) is 0 Å². The van der Waals surface area contributed by atoms with Crippen molar-refractivity contribution in [3.05, 3.63) is 23.8 Å². The maximum Gasteiger partial charge on any atom is 0.319 e. The zero-order chi connectivity index (χ0) is 20.0. The van der Waals surface area contributed by atoms with E-state index in [0.717, 1.165) is 36.7 Å². The summed E-state index contributed by atoms with van der Waals surface area (Å²) in [6, 6.07) is 6.39. The van der Waals surface area contributed by atoms with Gasteiger partial charge in [-0.1, -0.05) is 52.0 Å². The highest BCUT2D eigenvalue weighted by Crippen LogP contribution is 2.48. The Morgan fingerprint density at radius 3 is 2.57 bits per heavy atom. The smallest absolute Gasteiger partial charge is 0.319 e. The summed E-state index contributed by atoms with van der Waals surface area (Å²) in [5.41, 5.74) is 3.32. The molecular formula is C24H39N3O. The average Bonchev–Trinajstić information content (AvgIpc) is 2.70. The van der Waals surface area contributed by atoms with Gasteiger partial charge in [0.15, 0.2) is 0 Å². The largest absolute Gasteiger partial charge is 0.383 e. The molecule has 0 bridgehead atoms. The van der Waals surface area contributed by atoms with Crippen LogP contribution in [0.5, 0.6) is 0 Å². The van der Waals surface area contributed by atoms with E-state index in [1.165, 1.54) is 56.9 Å². The molecule has 156 valence electrons. The molecule has 2 aliphatic rings. The van der Waals surface area contributed by atoms with E-state index >= 15 is 0 Å². The van der Waals surface area contributed by atoms with E-state index < -0.39 is 0 Å². The quantitative estimate of drug-likeness (QED) is 0.526. The molecule has 1 aromatic carbocycles. The first-order valence-corrected chi connectivity index (χ1v) is 11.4. The van der Waals surface area contributed by atoms with Gasteiger partial charge in [-0.3, -0.25) is 0 Å². The summed E-state index contributed by atoms with van der Waals surface area (Å²) in [5.74, 6) is 0.757. The Hall–Kier alpha value is -1.71. The van der Waals surface area contributed by atoms with Gasteiger partial charge in [-0.05, 0) is 68.1 Å². The van der Waals surface area contributed by atoms with E-state index in [1.807, 2.05) is 6.07 Å². The van der Waals surface area contributed by atoms with Gasteiger partial charge in [-0.25, -0.2) is 4.79 Å². The predicted octanol–water partition coefficient (Wildman–Crippen LogP) is 6.47. The molecule has 0 spiro atoms. The lowest BCUT2D eigenvalue weighted by Gasteiger charge is -2.48. The van der Waals surface area contributed by atoms with Gasteiger partial charge in [0.05, 0.1) is 11.4 Å². The SMILES string of the molecule is CCCNc1cc(C)ccc1NC(=O)NC1CCCCC1(C)C1CCCCC1. The molecule has 2 amide bonds. The number of anilines is 2. The Kier molecular flexibility index (Phi) is 7.25. The lowest BCUT2D eigenvalue weighted by Crippen LogP contribution is -2.53. The van der Waals surface area contributed by atoms with E-state index in [2.05, 4.69) is 48.9 Å². The van der Waals surface area contributed by atoms with Crippen LogP contribution in [0.15, 0.2) is 18.2 Å². The van der Waals surface area contributed by atoms with E-state index in [0.29, 0.717) is 0 Å². The van der Waals surface area contributed by atoms with Crippen molar-refractivity contribution in [1.29, 1.82) is 0 Å². The summed E-state index contributed by atoms with van der Waals surface area (Å²) in [6.07, 6.45) is 12.7. The number of urea groups is 1. The number of hydrogen-bond acceptors (Lipinski definition) is 2. The van der Waals surface area contributed by atoms with Crippen LogP contribution in [0.3, 0.4) is 0 Å². The molecule has 4 heteroatoms. The molecule has 1 aromatic rings. The number of carbonyl (C=O) groups excluding carboxylic acids is 1. The van der Waals surface area contributed by atoms with Crippen LogP contribution >= 0.6 is 0 Å². The number of hydrogen-bond donors (Lipinski definition) is 3. The van der Waals surface area contributed by atoms with Crippen LogP contribution in [0.25, 0.3) is 0 Å². The minimum Gasteiger partial charge on any atom is -0.383 e. The van der Waals surface area contributed by atoms with Gasteiger partial charge in [0.1, 0.15) is 0 Å². The van der Waals surface area contributed by atoms with E-state index in [4.69, 9.17) is 0 Å². The summed E-state index contributed by atoms with van der Waals surface area (Å²) in [5, 5.41) is 9.94. The highest BCUT2D eigenvalue weighted by molar-refractivity contribution is 5.93. The Balaban J connectivity index is 1.67. The molecule has 28 heavy (non-hydrogen) atoms. The minimum absolute atomic E-state index is 0.0580. The summed E-state index contributed by atoms with van der Waals surface area (Å²) in [4.78, 5) is 12.9. The normalized spacial score (nSPS) is 25.9. The monoisotopic (exact) mass is 385 g/mol. The highest BCUT2D eigenvalue weighted by atomic mass is 16.2. The number of carbonyl (C=O) groups is 1. The number of amides is 2. The van der Waals surface area contributed by atoms with Crippen molar-refractivity contribution in [2.24, 2.45) is 11.3 Å². The van der Waals surface area contributed by atoms with Crippen LogP contribution < -0.4 is 16.0 Å². The van der Waals surface area contributed by atoms with Crippen LogP contribution in [0.4, 0.5) is 16.2 Å². The van der Waals surface area contributed by atoms with Crippen molar-refractivity contribution >= 4 is 17.4 Å². The third-order valence-electron chi connectivity index (χ3n) is 7.09.